The summed E-state index contributed by atoms with van der Waals surface area (Å²) in [5.74, 6) is -0.659. The summed E-state index contributed by atoms with van der Waals surface area (Å²) in [6.07, 6.45) is 3.72. The van der Waals surface area contributed by atoms with Crippen molar-refractivity contribution in [1.82, 2.24) is 0 Å². The minimum atomic E-state index is -1.62. The fraction of sp³-hybridized carbons (Fsp3) is 0.258. The Morgan fingerprint density at radius 3 is 2.15 bits per heavy atom. The predicted molar refractivity (Wildman–Crippen MR) is 148 cm³/mol. The van der Waals surface area contributed by atoms with Crippen molar-refractivity contribution in [3.8, 4) is 17.2 Å². The number of carbonyl (C=O) groups excluding carboxylic acids is 3. The monoisotopic (exact) mass is 543 g/mol. The van der Waals surface area contributed by atoms with E-state index in [-0.39, 0.29) is 17.3 Å². The topological polar surface area (TPSA) is 82.1 Å². The van der Waals surface area contributed by atoms with Crippen molar-refractivity contribution in [3.63, 3.8) is 0 Å². The quantitative estimate of drug-likeness (QED) is 0.399. The first-order valence-corrected chi connectivity index (χ1v) is 12.9. The molecule has 0 radical (unpaired) electrons. The number of nitrogens with zero attached hydrogens (tertiary/aromatic N) is 1. The van der Waals surface area contributed by atoms with E-state index in [9.17, 15) is 14.4 Å². The second kappa shape index (κ2) is 8.99. The first kappa shape index (κ1) is 25.2. The highest BCUT2D eigenvalue weighted by atomic mass is 35.5. The summed E-state index contributed by atoms with van der Waals surface area (Å²) in [5, 5.41) is 0.545. The van der Waals surface area contributed by atoms with E-state index in [1.807, 2.05) is 29.2 Å². The molecule has 3 aliphatic rings. The molecule has 0 aromatic heterocycles. The van der Waals surface area contributed by atoms with Gasteiger partial charge in [0.25, 0.3) is 0 Å². The van der Waals surface area contributed by atoms with Crippen LogP contribution in [0.2, 0.25) is 5.02 Å². The normalized spacial score (nSPS) is 22.0. The number of Topliss-reactive ketones (excluding diaryl/α,β-unsaturated/α-hetero) is 3. The van der Waals surface area contributed by atoms with Gasteiger partial charge < -0.3 is 19.1 Å². The van der Waals surface area contributed by atoms with Crippen molar-refractivity contribution in [2.45, 2.75) is 24.9 Å². The zero-order valence-electron chi connectivity index (χ0n) is 21.9. The number of hydrogen-bond donors (Lipinski definition) is 0. The number of ether oxygens (including phenoxy) is 3. The molecule has 3 aromatic carbocycles. The number of hydrogen-bond acceptors (Lipinski definition) is 7. The van der Waals surface area contributed by atoms with E-state index >= 15 is 0 Å². The minimum absolute atomic E-state index is 0.188. The summed E-state index contributed by atoms with van der Waals surface area (Å²) < 4.78 is 17.0. The molecule has 198 valence electrons. The largest absolute Gasteiger partial charge is 0.493 e. The molecule has 3 aromatic rings. The second-order valence-corrected chi connectivity index (χ2v) is 10.4. The lowest BCUT2D eigenvalue weighted by molar-refractivity contribution is -0.118. The summed E-state index contributed by atoms with van der Waals surface area (Å²) in [5.41, 5.74) is 1.13. The van der Waals surface area contributed by atoms with Gasteiger partial charge in [-0.05, 0) is 36.8 Å². The molecule has 0 bridgehead atoms. The molecule has 8 heteroatoms. The van der Waals surface area contributed by atoms with Crippen molar-refractivity contribution in [2.24, 2.45) is 5.41 Å². The molecule has 3 atom stereocenters. The molecule has 39 heavy (non-hydrogen) atoms. The summed E-state index contributed by atoms with van der Waals surface area (Å²) in [4.78, 5) is 44.7. The van der Waals surface area contributed by atoms with Crippen molar-refractivity contribution in [2.75, 3.05) is 26.2 Å². The minimum Gasteiger partial charge on any atom is -0.493 e. The zero-order valence-corrected chi connectivity index (χ0v) is 22.6. The highest BCUT2D eigenvalue weighted by Crippen LogP contribution is 2.62. The highest BCUT2D eigenvalue weighted by molar-refractivity contribution is 6.32. The van der Waals surface area contributed by atoms with E-state index < -0.39 is 23.4 Å². The molecule has 2 aliphatic heterocycles. The van der Waals surface area contributed by atoms with Gasteiger partial charge >= 0.3 is 0 Å². The fourth-order valence-corrected chi connectivity index (χ4v) is 6.99. The zero-order chi connectivity index (χ0) is 27.6. The summed E-state index contributed by atoms with van der Waals surface area (Å²) >= 11 is 6.30. The molecule has 1 fully saturated rings. The third-order valence-electron chi connectivity index (χ3n) is 8.25. The van der Waals surface area contributed by atoms with E-state index in [2.05, 4.69) is 0 Å². The van der Waals surface area contributed by atoms with Crippen LogP contribution in [0.25, 0.3) is 6.08 Å². The van der Waals surface area contributed by atoms with Crippen LogP contribution in [0.4, 0.5) is 5.69 Å². The Hall–Kier alpha value is -4.10. The predicted octanol–water partition coefficient (Wildman–Crippen LogP) is 5.39. The number of benzene rings is 3. The number of rotatable bonds is 5. The molecule has 1 aliphatic carbocycles. The second-order valence-electron chi connectivity index (χ2n) is 9.94. The SMILES string of the molecule is COc1ccc([C@@H]2[C@H](C(C)=O)N3c4ccc(Cl)cc4C=C[C@@H]3C23C(=O)c2ccccc2C3=O)c(OC)c1OC. The molecule has 0 unspecified atom stereocenters. The van der Waals surface area contributed by atoms with Crippen LogP contribution in [-0.4, -0.2) is 50.8 Å². The summed E-state index contributed by atoms with van der Waals surface area (Å²) in [6.45, 7) is 1.49. The number of halogens is 1. The van der Waals surface area contributed by atoms with E-state index in [1.54, 1.807) is 42.5 Å². The van der Waals surface area contributed by atoms with Crippen molar-refractivity contribution < 1.29 is 28.6 Å². The lowest BCUT2D eigenvalue weighted by Crippen LogP contribution is -2.48. The van der Waals surface area contributed by atoms with Crippen LogP contribution in [0.15, 0.2) is 60.7 Å². The van der Waals surface area contributed by atoms with Crippen LogP contribution in [-0.2, 0) is 4.79 Å². The van der Waals surface area contributed by atoms with Crippen molar-refractivity contribution >= 4 is 40.7 Å². The van der Waals surface area contributed by atoms with Gasteiger partial charge in [0.1, 0.15) is 5.41 Å². The number of carbonyl (C=O) groups is 3. The van der Waals surface area contributed by atoms with E-state index in [0.29, 0.717) is 39.0 Å². The van der Waals surface area contributed by atoms with Crippen LogP contribution in [0, 0.1) is 5.41 Å². The molecule has 0 N–H and O–H groups in total. The molecular weight excluding hydrogens is 518 g/mol. The van der Waals surface area contributed by atoms with Crippen molar-refractivity contribution in [1.29, 1.82) is 0 Å². The Labute approximate surface area is 230 Å². The van der Waals surface area contributed by atoms with Gasteiger partial charge in [0.2, 0.25) is 5.75 Å². The Bertz CT molecular complexity index is 1560. The number of ketones is 3. The van der Waals surface area contributed by atoms with Gasteiger partial charge in [-0.15, -0.1) is 0 Å². The Balaban J connectivity index is 1.71. The molecule has 6 rings (SSSR count). The highest BCUT2D eigenvalue weighted by Gasteiger charge is 2.71. The number of anilines is 1. The van der Waals surface area contributed by atoms with Gasteiger partial charge in [0.05, 0.1) is 33.4 Å². The standard InChI is InChI=1S/C31H26ClNO6/c1-16(34)26-25(21-11-13-23(37-2)28(39-4)27(21)38-3)31(29(35)19-7-5-6-8-20(19)30(31)36)24-14-9-17-15-18(32)10-12-22(17)33(24)26/h5-15,24-26H,1-4H3/t24-,25-,26+/m1/s1. The Kier molecular flexibility index (Phi) is 5.81. The number of methoxy groups -OCH3 is 3. The molecular formula is C31H26ClNO6. The van der Waals surface area contributed by atoms with Gasteiger partial charge in [0.15, 0.2) is 28.8 Å². The van der Waals surface area contributed by atoms with Gasteiger partial charge in [-0.2, -0.15) is 0 Å². The summed E-state index contributed by atoms with van der Waals surface area (Å²) in [7, 11) is 4.49. The van der Waals surface area contributed by atoms with Crippen LogP contribution < -0.4 is 19.1 Å². The maximum absolute atomic E-state index is 14.6. The lowest BCUT2D eigenvalue weighted by Gasteiger charge is -2.37. The van der Waals surface area contributed by atoms with Gasteiger partial charge in [-0.3, -0.25) is 14.4 Å². The van der Waals surface area contributed by atoms with Crippen LogP contribution in [0.1, 0.15) is 44.7 Å². The van der Waals surface area contributed by atoms with E-state index in [1.165, 1.54) is 28.3 Å². The average molecular weight is 544 g/mol. The Morgan fingerprint density at radius 2 is 1.56 bits per heavy atom. The van der Waals surface area contributed by atoms with Crippen LogP contribution in [0.3, 0.4) is 0 Å². The number of fused-ring (bicyclic) bond motifs is 5. The smallest absolute Gasteiger partial charge is 0.203 e. The van der Waals surface area contributed by atoms with Gasteiger partial charge in [0, 0.05) is 33.3 Å². The average Bonchev–Trinajstić information content (AvgIpc) is 3.38. The van der Waals surface area contributed by atoms with Gasteiger partial charge in [-0.25, -0.2) is 0 Å². The van der Waals surface area contributed by atoms with Crippen LogP contribution >= 0.6 is 11.6 Å². The molecule has 7 nitrogen and oxygen atoms in total. The van der Waals surface area contributed by atoms with E-state index in [4.69, 9.17) is 25.8 Å². The fourth-order valence-electron chi connectivity index (χ4n) is 6.81. The third-order valence-corrected chi connectivity index (χ3v) is 8.49. The molecule has 1 saturated heterocycles. The summed E-state index contributed by atoms with van der Waals surface area (Å²) in [6, 6.07) is 14.1. The van der Waals surface area contributed by atoms with Crippen LogP contribution in [0.5, 0.6) is 17.2 Å². The maximum atomic E-state index is 14.6. The van der Waals surface area contributed by atoms with Crippen molar-refractivity contribution in [3.05, 3.63) is 87.9 Å². The van der Waals surface area contributed by atoms with E-state index in [0.717, 1.165) is 11.3 Å². The molecule has 2 heterocycles. The Morgan fingerprint density at radius 1 is 0.897 bits per heavy atom. The lowest BCUT2D eigenvalue weighted by atomic mass is 9.64. The first-order chi connectivity index (χ1) is 18.8. The molecule has 0 amide bonds. The maximum Gasteiger partial charge on any atom is 0.203 e. The third kappa shape index (κ3) is 3.20. The van der Waals surface area contributed by atoms with Gasteiger partial charge in [-0.1, -0.05) is 54.1 Å². The molecule has 0 saturated carbocycles. The molecule has 1 spiro atoms. The first-order valence-electron chi connectivity index (χ1n) is 12.5.